The van der Waals surface area contributed by atoms with E-state index in [9.17, 15) is 10.5 Å². The van der Waals surface area contributed by atoms with Crippen molar-refractivity contribution in [2.45, 2.75) is 0 Å². The normalized spacial score (nSPS) is 11.3. The van der Waals surface area contributed by atoms with E-state index in [2.05, 4.69) is 161 Å². The van der Waals surface area contributed by atoms with Gasteiger partial charge >= 0.3 is 0 Å². The van der Waals surface area contributed by atoms with Crippen molar-refractivity contribution in [2.24, 2.45) is 0 Å². The Morgan fingerprint density at radius 2 is 0.722 bits per heavy atom. The van der Waals surface area contributed by atoms with Crippen LogP contribution in [-0.2, 0) is 0 Å². The molecule has 0 radical (unpaired) electrons. The molecule has 4 nitrogen and oxygen atoms in total. The van der Waals surface area contributed by atoms with Gasteiger partial charge in [-0.1, -0.05) is 103 Å². The van der Waals surface area contributed by atoms with Crippen LogP contribution in [0.15, 0.2) is 182 Å². The molecule has 0 bridgehead atoms. The van der Waals surface area contributed by atoms with Gasteiger partial charge < -0.3 is 9.13 Å². The lowest BCUT2D eigenvalue weighted by atomic mass is 9.98. The van der Waals surface area contributed by atoms with Crippen LogP contribution in [0.25, 0.3) is 88.4 Å². The second kappa shape index (κ2) is 12.5. The Kier molecular flexibility index (Phi) is 7.22. The molecule has 10 rings (SSSR count). The first kappa shape index (κ1) is 31.1. The van der Waals surface area contributed by atoms with Gasteiger partial charge in [0.05, 0.1) is 45.3 Å². The Morgan fingerprint density at radius 3 is 1.26 bits per heavy atom. The van der Waals surface area contributed by atoms with Gasteiger partial charge in [0.25, 0.3) is 0 Å². The largest absolute Gasteiger partial charge is 0.309 e. The number of para-hydroxylation sites is 2. The van der Waals surface area contributed by atoms with Crippen LogP contribution in [0.5, 0.6) is 0 Å². The first-order chi connectivity index (χ1) is 26.7. The topological polar surface area (TPSA) is 57.4 Å². The van der Waals surface area contributed by atoms with Crippen LogP contribution in [0, 0.1) is 22.7 Å². The van der Waals surface area contributed by atoms with Gasteiger partial charge in [-0.15, -0.1) is 0 Å². The molecule has 0 fully saturated rings. The predicted octanol–water partition coefficient (Wildman–Crippen LogP) is 12.6. The number of benzene rings is 8. The van der Waals surface area contributed by atoms with Gasteiger partial charge in [0.2, 0.25) is 0 Å². The van der Waals surface area contributed by atoms with Crippen LogP contribution in [-0.4, -0.2) is 9.13 Å². The molecule has 0 aliphatic rings. The van der Waals surface area contributed by atoms with E-state index < -0.39 is 0 Å². The molecule has 0 aliphatic carbocycles. The zero-order chi connectivity index (χ0) is 36.2. The highest BCUT2D eigenvalue weighted by Gasteiger charge is 2.16. The maximum Gasteiger partial charge on any atom is 0.0992 e. The monoisotopic (exact) mass is 686 g/mol. The summed E-state index contributed by atoms with van der Waals surface area (Å²) in [5.41, 5.74) is 14.7. The summed E-state index contributed by atoms with van der Waals surface area (Å²) in [6.45, 7) is 0. The summed E-state index contributed by atoms with van der Waals surface area (Å²) in [6, 6.07) is 68.1. The first-order valence-electron chi connectivity index (χ1n) is 18.0. The molecule has 0 N–H and O–H groups in total. The molecule has 4 heteroatoms. The lowest BCUT2D eigenvalue weighted by molar-refractivity contribution is 1.18. The number of nitrogens with zero attached hydrogens (tertiary/aromatic N) is 4. The van der Waals surface area contributed by atoms with Gasteiger partial charge in [-0.25, -0.2) is 0 Å². The minimum Gasteiger partial charge on any atom is -0.309 e. The third-order valence-electron chi connectivity index (χ3n) is 10.6. The number of rotatable bonds is 5. The van der Waals surface area contributed by atoms with E-state index in [1.807, 2.05) is 42.5 Å². The summed E-state index contributed by atoms with van der Waals surface area (Å²) < 4.78 is 4.59. The Morgan fingerprint density at radius 1 is 0.296 bits per heavy atom. The summed E-state index contributed by atoms with van der Waals surface area (Å²) >= 11 is 0. The molecule has 54 heavy (non-hydrogen) atoms. The van der Waals surface area contributed by atoms with Gasteiger partial charge in [-0.05, 0) is 112 Å². The second-order valence-electron chi connectivity index (χ2n) is 13.6. The zero-order valence-corrected chi connectivity index (χ0v) is 29.1. The average molecular weight is 687 g/mol. The lowest BCUT2D eigenvalue weighted by Crippen LogP contribution is -1.94. The van der Waals surface area contributed by atoms with E-state index in [-0.39, 0.29) is 0 Å². The number of hydrogen-bond acceptors (Lipinski definition) is 2. The van der Waals surface area contributed by atoms with Crippen molar-refractivity contribution in [1.82, 2.24) is 9.13 Å². The van der Waals surface area contributed by atoms with Gasteiger partial charge in [0.15, 0.2) is 0 Å². The lowest BCUT2D eigenvalue weighted by Gasteiger charge is -2.11. The van der Waals surface area contributed by atoms with Crippen LogP contribution < -0.4 is 0 Å². The van der Waals surface area contributed by atoms with Crippen molar-refractivity contribution >= 4 is 43.6 Å². The Hall–Kier alpha value is -7.66. The van der Waals surface area contributed by atoms with E-state index >= 15 is 0 Å². The van der Waals surface area contributed by atoms with Crippen LogP contribution in [0.4, 0.5) is 0 Å². The van der Waals surface area contributed by atoms with E-state index in [0.29, 0.717) is 11.1 Å². The highest BCUT2D eigenvalue weighted by molar-refractivity contribution is 6.11. The molecule has 0 saturated heterocycles. The molecule has 250 valence electrons. The van der Waals surface area contributed by atoms with Crippen molar-refractivity contribution in [1.29, 1.82) is 10.5 Å². The molecular formula is C50H30N4. The van der Waals surface area contributed by atoms with Crippen LogP contribution in [0.1, 0.15) is 11.1 Å². The van der Waals surface area contributed by atoms with Crippen molar-refractivity contribution < 1.29 is 0 Å². The fourth-order valence-corrected chi connectivity index (χ4v) is 7.99. The van der Waals surface area contributed by atoms with E-state index in [0.717, 1.165) is 61.3 Å². The molecule has 0 unspecified atom stereocenters. The quantitative estimate of drug-likeness (QED) is 0.181. The standard InChI is InChI=1S/C50H30N4/c51-31-33-15-17-35(18-16-33)38-8-6-10-42(28-38)54-48-14-4-2-12-44(48)46-30-40(24-26-50(46)54)37-21-19-36(20-22-37)39-23-25-49-45(29-39)43-11-1-3-13-47(43)53(49)41-9-5-7-34(27-41)32-52/h1-30H. The minimum absolute atomic E-state index is 0.644. The van der Waals surface area contributed by atoms with Crippen molar-refractivity contribution in [2.75, 3.05) is 0 Å². The van der Waals surface area contributed by atoms with Gasteiger partial charge in [0.1, 0.15) is 0 Å². The number of fused-ring (bicyclic) bond motifs is 6. The zero-order valence-electron chi connectivity index (χ0n) is 29.1. The Bertz CT molecular complexity index is 3160. The predicted molar refractivity (Wildman–Crippen MR) is 221 cm³/mol. The second-order valence-corrected chi connectivity index (χ2v) is 13.6. The van der Waals surface area contributed by atoms with Gasteiger partial charge in [-0.3, -0.25) is 0 Å². The molecule has 0 amide bonds. The molecule has 2 aromatic heterocycles. The maximum atomic E-state index is 9.56. The molecule has 10 aromatic rings. The summed E-state index contributed by atoms with van der Waals surface area (Å²) in [5.74, 6) is 0. The Labute approximate surface area is 312 Å². The smallest absolute Gasteiger partial charge is 0.0992 e. The summed E-state index contributed by atoms with van der Waals surface area (Å²) in [4.78, 5) is 0. The van der Waals surface area contributed by atoms with Crippen molar-refractivity contribution in [3.8, 4) is 56.9 Å². The number of aromatic nitrogens is 2. The van der Waals surface area contributed by atoms with Gasteiger partial charge in [0, 0.05) is 32.9 Å². The highest BCUT2D eigenvalue weighted by Crippen LogP contribution is 2.38. The molecule has 2 heterocycles. The molecule has 0 aliphatic heterocycles. The molecule has 8 aromatic carbocycles. The fraction of sp³-hybridized carbons (Fsp3) is 0. The van der Waals surface area contributed by atoms with Crippen LogP contribution >= 0.6 is 0 Å². The van der Waals surface area contributed by atoms with Crippen LogP contribution in [0.2, 0.25) is 0 Å². The molecular weight excluding hydrogens is 657 g/mol. The van der Waals surface area contributed by atoms with Gasteiger partial charge in [-0.2, -0.15) is 10.5 Å². The third kappa shape index (κ3) is 5.06. The number of nitriles is 2. The van der Waals surface area contributed by atoms with E-state index in [1.165, 1.54) is 27.1 Å². The third-order valence-corrected chi connectivity index (χ3v) is 10.6. The summed E-state index contributed by atoms with van der Waals surface area (Å²) in [5, 5.41) is 23.6. The average Bonchev–Trinajstić information content (AvgIpc) is 3.76. The van der Waals surface area contributed by atoms with E-state index in [4.69, 9.17) is 0 Å². The van der Waals surface area contributed by atoms with E-state index in [1.54, 1.807) is 0 Å². The van der Waals surface area contributed by atoms with Crippen molar-refractivity contribution in [3.63, 3.8) is 0 Å². The maximum absolute atomic E-state index is 9.56. The number of hydrogen-bond donors (Lipinski definition) is 0. The molecule has 0 atom stereocenters. The molecule has 0 saturated carbocycles. The summed E-state index contributed by atoms with van der Waals surface area (Å²) in [6.07, 6.45) is 0. The van der Waals surface area contributed by atoms with Crippen molar-refractivity contribution in [3.05, 3.63) is 193 Å². The minimum atomic E-state index is 0.644. The Balaban J connectivity index is 1.02. The first-order valence-corrected chi connectivity index (χ1v) is 18.0. The summed E-state index contributed by atoms with van der Waals surface area (Å²) in [7, 11) is 0. The molecule has 0 spiro atoms. The highest BCUT2D eigenvalue weighted by atomic mass is 15.0. The fourth-order valence-electron chi connectivity index (χ4n) is 7.99. The SMILES string of the molecule is N#Cc1ccc(-c2cccc(-n3c4ccccc4c4cc(-c5ccc(-c6ccc7c(c6)c6ccccc6n7-c6cccc(C#N)c6)cc5)ccc43)c2)cc1. The van der Waals surface area contributed by atoms with Crippen LogP contribution in [0.3, 0.4) is 0 Å².